The molecule has 0 aromatic carbocycles. The second-order valence-electron chi connectivity index (χ2n) is 11.9. The molecule has 0 rings (SSSR count). The van der Waals surface area contributed by atoms with Crippen LogP contribution in [-0.2, 0) is 23.9 Å². The van der Waals surface area contributed by atoms with Gasteiger partial charge in [0, 0.05) is 19.3 Å². The van der Waals surface area contributed by atoms with Gasteiger partial charge in [-0.1, -0.05) is 116 Å². The summed E-state index contributed by atoms with van der Waals surface area (Å²) in [5, 5.41) is 0. The summed E-state index contributed by atoms with van der Waals surface area (Å²) in [6.45, 7) is 4.42. The Labute approximate surface area is 259 Å². The van der Waals surface area contributed by atoms with E-state index in [-0.39, 0.29) is 23.8 Å². The maximum Gasteiger partial charge on any atom is 0.306 e. The highest BCUT2D eigenvalue weighted by Gasteiger charge is 2.12. The molecule has 0 amide bonds. The first-order valence-electron chi connectivity index (χ1n) is 17.7. The maximum absolute atomic E-state index is 12.5. The van der Waals surface area contributed by atoms with Crippen LogP contribution in [0.2, 0.25) is 0 Å². The van der Waals surface area contributed by atoms with Gasteiger partial charge >= 0.3 is 11.9 Å². The Kier molecular flexibility index (Phi) is 30.6. The van der Waals surface area contributed by atoms with E-state index in [1.54, 1.807) is 6.08 Å². The number of unbranched alkanes of at least 4 members (excludes halogenated alkanes) is 18. The molecular formula is C37H66O5. The number of hydrogen-bond acceptors (Lipinski definition) is 5. The summed E-state index contributed by atoms with van der Waals surface area (Å²) in [7, 11) is 1.42. The molecule has 5 heteroatoms. The summed E-state index contributed by atoms with van der Waals surface area (Å²) in [5.74, 6) is -0.179. The zero-order chi connectivity index (χ0) is 30.9. The molecule has 0 bridgehead atoms. The minimum atomic E-state index is -0.300. The van der Waals surface area contributed by atoms with Crippen LogP contribution in [0, 0.1) is 0 Å². The standard InChI is InChI=1S/C37H66O5/c1-4-6-8-9-10-11-12-13-14-15-16-17-18-23-27-31-37(40)42-35(29-24-7-5-2)33-32-34(38)28-25-21-19-20-22-26-30-36(39)41-3/h13-14,32-33,35H,4-12,15-31H2,1-3H3/b14-13-,33-32+. The van der Waals surface area contributed by atoms with E-state index in [2.05, 4.69) is 30.7 Å². The summed E-state index contributed by atoms with van der Waals surface area (Å²) >= 11 is 0. The van der Waals surface area contributed by atoms with Crippen LogP contribution in [0.4, 0.5) is 0 Å². The van der Waals surface area contributed by atoms with E-state index in [1.807, 2.05) is 6.08 Å². The van der Waals surface area contributed by atoms with Crippen molar-refractivity contribution in [3.05, 3.63) is 24.3 Å². The Morgan fingerprint density at radius 3 is 1.55 bits per heavy atom. The highest BCUT2D eigenvalue weighted by molar-refractivity contribution is 5.89. The fourth-order valence-corrected chi connectivity index (χ4v) is 5.03. The number of ether oxygens (including phenoxy) is 2. The number of allylic oxidation sites excluding steroid dienone is 3. The molecule has 0 saturated carbocycles. The average Bonchev–Trinajstić information content (AvgIpc) is 2.99. The largest absolute Gasteiger partial charge is 0.469 e. The molecule has 42 heavy (non-hydrogen) atoms. The molecule has 5 nitrogen and oxygen atoms in total. The maximum atomic E-state index is 12.5. The molecule has 0 N–H and O–H groups in total. The molecule has 0 radical (unpaired) electrons. The lowest BCUT2D eigenvalue weighted by Crippen LogP contribution is -2.16. The molecule has 0 aliphatic heterocycles. The van der Waals surface area contributed by atoms with E-state index in [4.69, 9.17) is 4.74 Å². The van der Waals surface area contributed by atoms with Crippen molar-refractivity contribution in [2.45, 2.75) is 187 Å². The molecule has 244 valence electrons. The Bertz CT molecular complexity index is 696. The van der Waals surface area contributed by atoms with Gasteiger partial charge in [-0.25, -0.2) is 0 Å². The normalized spacial score (nSPS) is 12.3. The van der Waals surface area contributed by atoms with Gasteiger partial charge in [0.05, 0.1) is 7.11 Å². The van der Waals surface area contributed by atoms with Crippen molar-refractivity contribution in [2.75, 3.05) is 7.11 Å². The fraction of sp³-hybridized carbons (Fsp3) is 0.811. The molecule has 0 saturated heterocycles. The van der Waals surface area contributed by atoms with Gasteiger partial charge in [-0.2, -0.15) is 0 Å². The molecule has 0 aromatic rings. The molecule has 0 aliphatic rings. The first-order chi connectivity index (χ1) is 20.5. The van der Waals surface area contributed by atoms with Gasteiger partial charge in [0.25, 0.3) is 0 Å². The zero-order valence-electron chi connectivity index (χ0n) is 27.8. The van der Waals surface area contributed by atoms with Crippen LogP contribution >= 0.6 is 0 Å². The topological polar surface area (TPSA) is 69.7 Å². The van der Waals surface area contributed by atoms with E-state index in [1.165, 1.54) is 77.7 Å². The summed E-state index contributed by atoms with van der Waals surface area (Å²) in [4.78, 5) is 35.9. The number of carbonyl (C=O) groups excluding carboxylic acids is 3. The van der Waals surface area contributed by atoms with Crippen LogP contribution in [0.3, 0.4) is 0 Å². The minimum Gasteiger partial charge on any atom is -0.469 e. The molecule has 0 aliphatic carbocycles. The Hall–Kier alpha value is -1.91. The van der Waals surface area contributed by atoms with Crippen molar-refractivity contribution in [3.63, 3.8) is 0 Å². The predicted molar refractivity (Wildman–Crippen MR) is 177 cm³/mol. The number of carbonyl (C=O) groups is 3. The lowest BCUT2D eigenvalue weighted by Gasteiger charge is -2.14. The van der Waals surface area contributed by atoms with Crippen LogP contribution in [0.15, 0.2) is 24.3 Å². The smallest absolute Gasteiger partial charge is 0.306 e. The lowest BCUT2D eigenvalue weighted by atomic mass is 10.1. The number of rotatable bonds is 31. The van der Waals surface area contributed by atoms with Gasteiger partial charge in [0.15, 0.2) is 5.78 Å². The van der Waals surface area contributed by atoms with Crippen LogP contribution < -0.4 is 0 Å². The van der Waals surface area contributed by atoms with E-state index in [9.17, 15) is 14.4 Å². The molecule has 1 atom stereocenters. The van der Waals surface area contributed by atoms with E-state index < -0.39 is 0 Å². The second-order valence-corrected chi connectivity index (χ2v) is 11.9. The first-order valence-corrected chi connectivity index (χ1v) is 17.7. The second kappa shape index (κ2) is 32.0. The van der Waals surface area contributed by atoms with Gasteiger partial charge in [0.2, 0.25) is 0 Å². The lowest BCUT2D eigenvalue weighted by molar-refractivity contribution is -0.147. The van der Waals surface area contributed by atoms with Crippen LogP contribution in [0.5, 0.6) is 0 Å². The minimum absolute atomic E-state index is 0.106. The number of esters is 2. The fourth-order valence-electron chi connectivity index (χ4n) is 5.03. The summed E-state index contributed by atoms with van der Waals surface area (Å²) in [6, 6.07) is 0. The third kappa shape index (κ3) is 29.6. The molecule has 0 spiro atoms. The number of ketones is 1. The van der Waals surface area contributed by atoms with E-state index >= 15 is 0 Å². The quantitative estimate of drug-likeness (QED) is 0.0347. The van der Waals surface area contributed by atoms with Gasteiger partial charge in [-0.05, 0) is 69.9 Å². The van der Waals surface area contributed by atoms with Gasteiger partial charge in [-0.15, -0.1) is 0 Å². The summed E-state index contributed by atoms with van der Waals surface area (Å²) in [5.41, 5.74) is 0. The van der Waals surface area contributed by atoms with Crippen molar-refractivity contribution >= 4 is 17.7 Å². The number of methoxy groups -OCH3 is 1. The third-order valence-corrected chi connectivity index (χ3v) is 7.80. The van der Waals surface area contributed by atoms with Crippen molar-refractivity contribution in [2.24, 2.45) is 0 Å². The van der Waals surface area contributed by atoms with Crippen LogP contribution in [0.25, 0.3) is 0 Å². The van der Waals surface area contributed by atoms with Crippen molar-refractivity contribution in [1.29, 1.82) is 0 Å². The third-order valence-electron chi connectivity index (χ3n) is 7.80. The van der Waals surface area contributed by atoms with Gasteiger partial charge in [-0.3, -0.25) is 14.4 Å². The van der Waals surface area contributed by atoms with Gasteiger partial charge in [0.1, 0.15) is 6.10 Å². The van der Waals surface area contributed by atoms with E-state index in [0.29, 0.717) is 19.3 Å². The molecule has 0 aromatic heterocycles. The summed E-state index contributed by atoms with van der Waals surface area (Å²) in [6.07, 6.45) is 35.3. The highest BCUT2D eigenvalue weighted by Crippen LogP contribution is 2.14. The predicted octanol–water partition coefficient (Wildman–Crippen LogP) is 10.9. The van der Waals surface area contributed by atoms with Crippen molar-refractivity contribution in [3.8, 4) is 0 Å². The Morgan fingerprint density at radius 2 is 1.00 bits per heavy atom. The van der Waals surface area contributed by atoms with Crippen molar-refractivity contribution in [1.82, 2.24) is 0 Å². The van der Waals surface area contributed by atoms with Crippen LogP contribution in [0.1, 0.15) is 181 Å². The summed E-state index contributed by atoms with van der Waals surface area (Å²) < 4.78 is 10.4. The first kappa shape index (κ1) is 40.1. The monoisotopic (exact) mass is 590 g/mol. The van der Waals surface area contributed by atoms with Gasteiger partial charge < -0.3 is 9.47 Å². The van der Waals surface area contributed by atoms with E-state index in [0.717, 1.165) is 77.0 Å². The molecule has 0 fully saturated rings. The Balaban J connectivity index is 3.99. The average molecular weight is 591 g/mol. The van der Waals surface area contributed by atoms with Crippen LogP contribution in [-0.4, -0.2) is 30.9 Å². The Morgan fingerprint density at radius 1 is 0.548 bits per heavy atom. The zero-order valence-corrected chi connectivity index (χ0v) is 27.8. The SMILES string of the molecule is CCCCCCCC/C=C\CCCCCCCC(=O)OC(/C=C/C(=O)CCCCCCCCC(=O)OC)CCCCC. The molecule has 1 unspecified atom stereocenters. The van der Waals surface area contributed by atoms with Crippen molar-refractivity contribution < 1.29 is 23.9 Å². The number of hydrogen-bond donors (Lipinski definition) is 0. The molecule has 0 heterocycles. The molecular weight excluding hydrogens is 524 g/mol. The highest BCUT2D eigenvalue weighted by atomic mass is 16.5.